The fourth-order valence-electron chi connectivity index (χ4n) is 2.60. The maximum absolute atomic E-state index is 11.2. The van der Waals surface area contributed by atoms with Crippen LogP contribution < -0.4 is 0 Å². The Morgan fingerprint density at radius 3 is 2.11 bits per heavy atom. The van der Waals surface area contributed by atoms with Crippen LogP contribution in [-0.2, 0) is 4.79 Å². The number of carboxylic acids is 1. The van der Waals surface area contributed by atoms with Crippen LogP contribution in [0.15, 0.2) is 0 Å². The van der Waals surface area contributed by atoms with E-state index in [0.717, 1.165) is 12.8 Å². The van der Waals surface area contributed by atoms with E-state index < -0.39 is 11.4 Å². The molecule has 0 saturated carbocycles. The molecule has 0 aromatic heterocycles. The lowest BCUT2D eigenvalue weighted by Crippen LogP contribution is -2.26. The van der Waals surface area contributed by atoms with Gasteiger partial charge >= 0.3 is 5.97 Å². The van der Waals surface area contributed by atoms with Crippen molar-refractivity contribution in [1.82, 2.24) is 0 Å². The maximum atomic E-state index is 11.2. The Morgan fingerprint density at radius 1 is 1.00 bits per heavy atom. The molecule has 0 aromatic carbocycles. The molecule has 0 spiro atoms. The van der Waals surface area contributed by atoms with Gasteiger partial charge in [0.05, 0.1) is 5.41 Å². The molecule has 2 heteroatoms. The Labute approximate surface area is 113 Å². The number of aliphatic carboxylic acids is 1. The van der Waals surface area contributed by atoms with Gasteiger partial charge in [-0.25, -0.2) is 0 Å². The van der Waals surface area contributed by atoms with E-state index in [-0.39, 0.29) is 0 Å². The highest BCUT2D eigenvalue weighted by Crippen LogP contribution is 2.31. The summed E-state index contributed by atoms with van der Waals surface area (Å²) in [7, 11) is 0. The third-order valence-corrected chi connectivity index (χ3v) is 3.79. The summed E-state index contributed by atoms with van der Waals surface area (Å²) < 4.78 is 0. The van der Waals surface area contributed by atoms with Crippen LogP contribution in [0.3, 0.4) is 0 Å². The molecule has 0 aromatic rings. The minimum absolute atomic E-state index is 0.566. The van der Waals surface area contributed by atoms with Crippen molar-refractivity contribution in [3.8, 4) is 0 Å². The molecule has 0 rings (SSSR count). The van der Waals surface area contributed by atoms with Crippen molar-refractivity contribution in [3.63, 3.8) is 0 Å². The van der Waals surface area contributed by atoms with E-state index in [4.69, 9.17) is 0 Å². The predicted octanol–water partition coefficient (Wildman–Crippen LogP) is 5.26. The smallest absolute Gasteiger partial charge is 0.309 e. The first-order valence-corrected chi connectivity index (χ1v) is 7.67. The first-order valence-electron chi connectivity index (χ1n) is 7.67. The molecule has 2 nitrogen and oxygen atoms in total. The summed E-state index contributed by atoms with van der Waals surface area (Å²) in [5, 5.41) is 9.20. The molecule has 1 unspecified atom stereocenters. The van der Waals surface area contributed by atoms with E-state index in [1.807, 2.05) is 13.8 Å². The molecule has 0 amide bonds. The number of hydrogen-bond acceptors (Lipinski definition) is 1. The molecule has 0 heterocycles. The van der Waals surface area contributed by atoms with E-state index in [1.54, 1.807) is 0 Å². The zero-order valence-electron chi connectivity index (χ0n) is 12.8. The fraction of sp³-hybridized carbons (Fsp3) is 0.938. The Bertz CT molecular complexity index is 221. The number of carbonyl (C=O) groups is 1. The van der Waals surface area contributed by atoms with Gasteiger partial charge in [0.25, 0.3) is 0 Å². The number of unbranched alkanes of at least 4 members (excludes halogenated alkanes) is 4. The van der Waals surface area contributed by atoms with Gasteiger partial charge in [-0.1, -0.05) is 65.2 Å². The van der Waals surface area contributed by atoms with Gasteiger partial charge in [0, 0.05) is 0 Å². The second-order valence-corrected chi connectivity index (χ2v) is 6.25. The third-order valence-electron chi connectivity index (χ3n) is 3.79. The topological polar surface area (TPSA) is 37.3 Å². The molecule has 1 N–H and O–H groups in total. The number of hydrogen-bond donors (Lipinski definition) is 1. The van der Waals surface area contributed by atoms with Gasteiger partial charge in [0.2, 0.25) is 0 Å². The van der Waals surface area contributed by atoms with Crippen LogP contribution >= 0.6 is 0 Å². The highest BCUT2D eigenvalue weighted by molar-refractivity contribution is 5.73. The maximum Gasteiger partial charge on any atom is 0.309 e. The zero-order valence-corrected chi connectivity index (χ0v) is 12.8. The monoisotopic (exact) mass is 256 g/mol. The Morgan fingerprint density at radius 2 is 1.61 bits per heavy atom. The first-order chi connectivity index (χ1) is 8.44. The molecule has 1 atom stereocenters. The Kier molecular flexibility index (Phi) is 9.13. The third kappa shape index (κ3) is 7.73. The van der Waals surface area contributed by atoms with Crippen LogP contribution in [0.25, 0.3) is 0 Å². The lowest BCUT2D eigenvalue weighted by Gasteiger charge is -2.26. The van der Waals surface area contributed by atoms with Crippen molar-refractivity contribution in [3.05, 3.63) is 0 Å². The molecular formula is C16H32O2. The summed E-state index contributed by atoms with van der Waals surface area (Å²) >= 11 is 0. The van der Waals surface area contributed by atoms with Gasteiger partial charge in [-0.3, -0.25) is 4.79 Å². The molecule has 0 bridgehead atoms. The van der Waals surface area contributed by atoms with Gasteiger partial charge < -0.3 is 5.11 Å². The largest absolute Gasteiger partial charge is 0.481 e. The molecular weight excluding hydrogens is 224 g/mol. The summed E-state index contributed by atoms with van der Waals surface area (Å²) in [4.78, 5) is 11.2. The highest BCUT2D eigenvalue weighted by atomic mass is 16.4. The number of rotatable bonds is 11. The summed E-state index contributed by atoms with van der Waals surface area (Å²) in [5.74, 6) is -0.0719. The van der Waals surface area contributed by atoms with Crippen LogP contribution in [0.4, 0.5) is 0 Å². The van der Waals surface area contributed by atoms with Crippen LogP contribution in [0.2, 0.25) is 0 Å². The molecule has 108 valence electrons. The quantitative estimate of drug-likeness (QED) is 0.512. The molecule has 18 heavy (non-hydrogen) atoms. The van der Waals surface area contributed by atoms with Gasteiger partial charge in [0.15, 0.2) is 0 Å². The van der Waals surface area contributed by atoms with Gasteiger partial charge in [0.1, 0.15) is 0 Å². The van der Waals surface area contributed by atoms with E-state index >= 15 is 0 Å². The van der Waals surface area contributed by atoms with E-state index in [2.05, 4.69) is 13.8 Å². The van der Waals surface area contributed by atoms with Crippen molar-refractivity contribution in [1.29, 1.82) is 0 Å². The van der Waals surface area contributed by atoms with Gasteiger partial charge in [-0.05, 0) is 26.2 Å². The standard InChI is InChI=1S/C16H32O2/c1-5-7-8-9-10-12-14(11-6-2)13-16(3,4)15(17)18/h14H,5-13H2,1-4H3,(H,17,18). The summed E-state index contributed by atoms with van der Waals surface area (Å²) in [6, 6.07) is 0. The average Bonchev–Trinajstić information content (AvgIpc) is 2.28. The predicted molar refractivity (Wildman–Crippen MR) is 77.8 cm³/mol. The minimum Gasteiger partial charge on any atom is -0.481 e. The highest BCUT2D eigenvalue weighted by Gasteiger charge is 2.29. The van der Waals surface area contributed by atoms with Crippen molar-refractivity contribution in [2.24, 2.45) is 11.3 Å². The lowest BCUT2D eigenvalue weighted by atomic mass is 9.79. The lowest BCUT2D eigenvalue weighted by molar-refractivity contribution is -0.148. The summed E-state index contributed by atoms with van der Waals surface area (Å²) in [6.07, 6.45) is 10.9. The average molecular weight is 256 g/mol. The molecule has 0 aliphatic rings. The van der Waals surface area contributed by atoms with Gasteiger partial charge in [-0.2, -0.15) is 0 Å². The van der Waals surface area contributed by atoms with Crippen molar-refractivity contribution < 1.29 is 9.90 Å². The van der Waals surface area contributed by atoms with E-state index in [0.29, 0.717) is 5.92 Å². The number of carboxylic acid groups (broad SMARTS) is 1. The summed E-state index contributed by atoms with van der Waals surface area (Å²) in [5.41, 5.74) is -0.566. The van der Waals surface area contributed by atoms with Crippen LogP contribution in [0.1, 0.15) is 85.5 Å². The van der Waals surface area contributed by atoms with Gasteiger partial charge in [-0.15, -0.1) is 0 Å². The summed E-state index contributed by atoms with van der Waals surface area (Å²) in [6.45, 7) is 8.14. The molecule has 0 radical (unpaired) electrons. The van der Waals surface area contributed by atoms with E-state index in [1.165, 1.54) is 44.9 Å². The second-order valence-electron chi connectivity index (χ2n) is 6.25. The van der Waals surface area contributed by atoms with Crippen molar-refractivity contribution in [2.75, 3.05) is 0 Å². The van der Waals surface area contributed by atoms with Crippen LogP contribution in [-0.4, -0.2) is 11.1 Å². The van der Waals surface area contributed by atoms with Crippen LogP contribution in [0.5, 0.6) is 0 Å². The zero-order chi connectivity index (χ0) is 14.0. The Balaban J connectivity index is 4.02. The molecule has 0 fully saturated rings. The van der Waals surface area contributed by atoms with Crippen molar-refractivity contribution >= 4 is 5.97 Å². The normalized spacial score (nSPS) is 13.6. The molecule has 0 aliphatic heterocycles. The van der Waals surface area contributed by atoms with E-state index in [9.17, 15) is 9.90 Å². The Hall–Kier alpha value is -0.530. The molecule has 0 aliphatic carbocycles. The first kappa shape index (κ1) is 17.5. The van der Waals surface area contributed by atoms with Crippen LogP contribution in [0, 0.1) is 11.3 Å². The van der Waals surface area contributed by atoms with Crippen molar-refractivity contribution in [2.45, 2.75) is 85.5 Å². The fourth-order valence-corrected chi connectivity index (χ4v) is 2.60. The molecule has 0 saturated heterocycles. The SMILES string of the molecule is CCCCCCCC(CCC)CC(C)(C)C(=O)O. The minimum atomic E-state index is -0.658. The second kappa shape index (κ2) is 9.41.